The Kier molecular flexibility index (Phi) is 5.04. The molecule has 1 unspecified atom stereocenters. The van der Waals surface area contributed by atoms with E-state index in [-0.39, 0.29) is 11.9 Å². The van der Waals surface area contributed by atoms with Gasteiger partial charge in [-0.05, 0) is 38.3 Å². The predicted molar refractivity (Wildman–Crippen MR) is 94.0 cm³/mol. The Morgan fingerprint density at radius 2 is 2.12 bits per heavy atom. The molecule has 2 aromatic rings. The van der Waals surface area contributed by atoms with Crippen molar-refractivity contribution in [1.29, 1.82) is 0 Å². The number of rotatable bonds is 4. The van der Waals surface area contributed by atoms with Gasteiger partial charge in [0, 0.05) is 17.6 Å². The lowest BCUT2D eigenvalue weighted by molar-refractivity contribution is 0.0607. The molecule has 0 aliphatic carbocycles. The van der Waals surface area contributed by atoms with Gasteiger partial charge in [-0.25, -0.2) is 4.98 Å². The van der Waals surface area contributed by atoms with Crippen molar-refractivity contribution in [3.05, 3.63) is 39.8 Å². The third-order valence-corrected chi connectivity index (χ3v) is 5.38. The number of carbonyl (C=O) groups is 1. The number of hydrogen-bond acceptors (Lipinski definition) is 5. The van der Waals surface area contributed by atoms with Crippen molar-refractivity contribution < 1.29 is 14.3 Å². The molecular formula is C18H22N2O3S. The van der Waals surface area contributed by atoms with Crippen molar-refractivity contribution in [3.8, 4) is 11.5 Å². The SMILES string of the molecule is COc1cccc(C(=O)N2CCCCC2c2nc(C)cs2)c1OC. The number of benzene rings is 1. The quantitative estimate of drug-likeness (QED) is 0.844. The van der Waals surface area contributed by atoms with Crippen LogP contribution in [0.5, 0.6) is 11.5 Å². The van der Waals surface area contributed by atoms with Crippen LogP contribution in [0.3, 0.4) is 0 Å². The number of methoxy groups -OCH3 is 2. The van der Waals surface area contributed by atoms with Gasteiger partial charge in [0.2, 0.25) is 0 Å². The summed E-state index contributed by atoms with van der Waals surface area (Å²) >= 11 is 1.63. The summed E-state index contributed by atoms with van der Waals surface area (Å²) in [6.07, 6.45) is 3.08. The van der Waals surface area contributed by atoms with Crippen LogP contribution in [-0.2, 0) is 0 Å². The van der Waals surface area contributed by atoms with Gasteiger partial charge < -0.3 is 14.4 Å². The number of aryl methyl sites for hydroxylation is 1. The Hall–Kier alpha value is -2.08. The first-order chi connectivity index (χ1) is 11.7. The molecular weight excluding hydrogens is 324 g/mol. The average Bonchev–Trinajstić information content (AvgIpc) is 3.06. The molecule has 1 aromatic carbocycles. The number of likely N-dealkylation sites (tertiary alicyclic amines) is 1. The van der Waals surface area contributed by atoms with E-state index >= 15 is 0 Å². The zero-order chi connectivity index (χ0) is 17.1. The highest BCUT2D eigenvalue weighted by Gasteiger charge is 2.32. The molecule has 24 heavy (non-hydrogen) atoms. The maximum Gasteiger partial charge on any atom is 0.258 e. The lowest BCUT2D eigenvalue weighted by Crippen LogP contribution is -2.38. The molecule has 3 rings (SSSR count). The molecule has 0 spiro atoms. The predicted octanol–water partition coefficient (Wildman–Crippen LogP) is 3.84. The molecule has 1 aliphatic heterocycles. The van der Waals surface area contributed by atoms with Gasteiger partial charge in [-0.15, -0.1) is 11.3 Å². The van der Waals surface area contributed by atoms with Crippen molar-refractivity contribution in [2.45, 2.75) is 32.2 Å². The minimum absolute atomic E-state index is 0.0247. The molecule has 6 heteroatoms. The van der Waals surface area contributed by atoms with E-state index in [0.717, 1.165) is 36.5 Å². The number of carbonyl (C=O) groups excluding carboxylic acids is 1. The maximum absolute atomic E-state index is 13.2. The minimum Gasteiger partial charge on any atom is -0.493 e. The highest BCUT2D eigenvalue weighted by Crippen LogP contribution is 2.37. The monoisotopic (exact) mass is 346 g/mol. The van der Waals surface area contributed by atoms with Crippen LogP contribution in [0, 0.1) is 6.92 Å². The Balaban J connectivity index is 1.95. The second kappa shape index (κ2) is 7.21. The van der Waals surface area contributed by atoms with Crippen molar-refractivity contribution in [2.75, 3.05) is 20.8 Å². The Morgan fingerprint density at radius 1 is 1.29 bits per heavy atom. The fraction of sp³-hybridized carbons (Fsp3) is 0.444. The summed E-state index contributed by atoms with van der Waals surface area (Å²) in [6, 6.07) is 5.46. The first kappa shape index (κ1) is 16.8. The summed E-state index contributed by atoms with van der Waals surface area (Å²) in [5.74, 6) is 1.04. The van der Waals surface area contributed by atoms with Crippen molar-refractivity contribution in [2.24, 2.45) is 0 Å². The normalized spacial score (nSPS) is 17.6. The molecule has 0 saturated carbocycles. The van der Waals surface area contributed by atoms with Gasteiger partial charge in [-0.1, -0.05) is 6.07 Å². The van der Waals surface area contributed by atoms with Crippen LogP contribution in [0.25, 0.3) is 0 Å². The first-order valence-electron chi connectivity index (χ1n) is 8.09. The van der Waals surface area contributed by atoms with Crippen molar-refractivity contribution >= 4 is 17.2 Å². The van der Waals surface area contributed by atoms with E-state index in [4.69, 9.17) is 9.47 Å². The van der Waals surface area contributed by atoms with Gasteiger partial charge in [0.1, 0.15) is 5.01 Å². The average molecular weight is 346 g/mol. The van der Waals surface area contributed by atoms with E-state index in [1.165, 1.54) is 0 Å². The van der Waals surface area contributed by atoms with E-state index < -0.39 is 0 Å². The minimum atomic E-state index is -0.0247. The molecule has 5 nitrogen and oxygen atoms in total. The van der Waals surface area contributed by atoms with Crippen LogP contribution in [0.4, 0.5) is 0 Å². The molecule has 0 radical (unpaired) electrons. The van der Waals surface area contributed by atoms with E-state index in [0.29, 0.717) is 17.1 Å². The fourth-order valence-electron chi connectivity index (χ4n) is 3.17. The number of para-hydroxylation sites is 1. The molecule has 1 fully saturated rings. The molecule has 128 valence electrons. The Bertz CT molecular complexity index is 729. The summed E-state index contributed by atoms with van der Waals surface area (Å²) in [5, 5.41) is 3.06. The smallest absolute Gasteiger partial charge is 0.258 e. The van der Waals surface area contributed by atoms with E-state index in [1.807, 2.05) is 23.3 Å². The molecule has 1 amide bonds. The number of piperidine rings is 1. The maximum atomic E-state index is 13.2. The van der Waals surface area contributed by atoms with Crippen LogP contribution in [0.1, 0.15) is 46.4 Å². The molecule has 1 aliphatic rings. The topological polar surface area (TPSA) is 51.7 Å². The zero-order valence-corrected chi connectivity index (χ0v) is 15.1. The molecule has 1 saturated heterocycles. The van der Waals surface area contributed by atoms with Crippen LogP contribution < -0.4 is 9.47 Å². The number of nitrogens with zero attached hydrogens (tertiary/aromatic N) is 2. The van der Waals surface area contributed by atoms with Gasteiger partial charge >= 0.3 is 0 Å². The van der Waals surface area contributed by atoms with Gasteiger partial charge in [0.15, 0.2) is 11.5 Å². The van der Waals surface area contributed by atoms with Crippen molar-refractivity contribution in [1.82, 2.24) is 9.88 Å². The van der Waals surface area contributed by atoms with Crippen LogP contribution in [0.2, 0.25) is 0 Å². The number of ether oxygens (including phenoxy) is 2. The van der Waals surface area contributed by atoms with Crippen LogP contribution in [-0.4, -0.2) is 36.6 Å². The van der Waals surface area contributed by atoms with Gasteiger partial charge in [0.25, 0.3) is 5.91 Å². The highest BCUT2D eigenvalue weighted by atomic mass is 32.1. The third kappa shape index (κ3) is 3.11. The number of hydrogen-bond donors (Lipinski definition) is 0. The van der Waals surface area contributed by atoms with Gasteiger partial charge in [-0.2, -0.15) is 0 Å². The van der Waals surface area contributed by atoms with E-state index in [9.17, 15) is 4.79 Å². The van der Waals surface area contributed by atoms with E-state index in [1.54, 1.807) is 37.7 Å². The number of amides is 1. The standard InChI is InChI=1S/C18H22N2O3S/c1-12-11-24-17(19-12)14-8-4-5-10-20(14)18(21)13-7-6-9-15(22-2)16(13)23-3/h6-7,9,11,14H,4-5,8,10H2,1-3H3. The lowest BCUT2D eigenvalue weighted by Gasteiger charge is -2.35. The molecule has 0 bridgehead atoms. The summed E-state index contributed by atoms with van der Waals surface area (Å²) in [7, 11) is 3.14. The Morgan fingerprint density at radius 3 is 2.79 bits per heavy atom. The second-order valence-corrected chi connectivity index (χ2v) is 6.77. The molecule has 2 heterocycles. The fourth-order valence-corrected chi connectivity index (χ4v) is 4.11. The number of aromatic nitrogens is 1. The molecule has 1 atom stereocenters. The second-order valence-electron chi connectivity index (χ2n) is 5.88. The highest BCUT2D eigenvalue weighted by molar-refractivity contribution is 7.09. The van der Waals surface area contributed by atoms with Crippen molar-refractivity contribution in [3.63, 3.8) is 0 Å². The zero-order valence-electron chi connectivity index (χ0n) is 14.2. The van der Waals surface area contributed by atoms with E-state index in [2.05, 4.69) is 4.98 Å². The molecule has 0 N–H and O–H groups in total. The number of thiazole rings is 1. The Labute approximate surface area is 146 Å². The first-order valence-corrected chi connectivity index (χ1v) is 8.97. The largest absolute Gasteiger partial charge is 0.493 e. The van der Waals surface area contributed by atoms with Gasteiger partial charge in [0.05, 0.1) is 25.8 Å². The summed E-state index contributed by atoms with van der Waals surface area (Å²) < 4.78 is 10.8. The summed E-state index contributed by atoms with van der Waals surface area (Å²) in [6.45, 7) is 2.72. The third-order valence-electron chi connectivity index (χ3n) is 4.32. The van der Waals surface area contributed by atoms with Gasteiger partial charge in [-0.3, -0.25) is 4.79 Å². The lowest BCUT2D eigenvalue weighted by atomic mass is 10.0. The molecule has 1 aromatic heterocycles. The summed E-state index contributed by atoms with van der Waals surface area (Å²) in [4.78, 5) is 19.7. The van der Waals surface area contributed by atoms with Crippen LogP contribution >= 0.6 is 11.3 Å². The van der Waals surface area contributed by atoms with Crippen LogP contribution in [0.15, 0.2) is 23.6 Å². The summed E-state index contributed by atoms with van der Waals surface area (Å²) in [5.41, 5.74) is 1.55.